The summed E-state index contributed by atoms with van der Waals surface area (Å²) >= 11 is 0. The summed E-state index contributed by atoms with van der Waals surface area (Å²) < 4.78 is 0. The minimum absolute atomic E-state index is 0.0817. The van der Waals surface area contributed by atoms with Crippen molar-refractivity contribution < 1.29 is 4.79 Å². The summed E-state index contributed by atoms with van der Waals surface area (Å²) in [6.45, 7) is 6.71. The van der Waals surface area contributed by atoms with Crippen LogP contribution in [0.3, 0.4) is 0 Å². The molecule has 2 aromatic rings. The van der Waals surface area contributed by atoms with Crippen LogP contribution in [-0.2, 0) is 0 Å². The molecule has 1 aromatic heterocycles. The number of hydrogen-bond acceptors (Lipinski definition) is 3. The smallest absolute Gasteiger partial charge is 0.253 e. The minimum atomic E-state index is -0.0817. The lowest BCUT2D eigenvalue weighted by molar-refractivity contribution is 0.0944. The molecule has 0 saturated heterocycles. The third-order valence-corrected chi connectivity index (χ3v) is 2.80. The molecular formula is C15H19N3O. The summed E-state index contributed by atoms with van der Waals surface area (Å²) in [5.41, 5.74) is 0.617. The van der Waals surface area contributed by atoms with Gasteiger partial charge in [-0.05, 0) is 26.2 Å². The van der Waals surface area contributed by atoms with Gasteiger partial charge in [0.15, 0.2) is 0 Å². The zero-order valence-corrected chi connectivity index (χ0v) is 11.5. The summed E-state index contributed by atoms with van der Waals surface area (Å²) in [4.78, 5) is 16.5. The Labute approximate surface area is 113 Å². The Balaban J connectivity index is 2.52. The molecule has 0 bridgehead atoms. The number of rotatable bonds is 4. The van der Waals surface area contributed by atoms with Crippen LogP contribution in [0.5, 0.6) is 0 Å². The molecule has 0 aliphatic rings. The number of benzene rings is 1. The molecule has 100 valence electrons. The Morgan fingerprint density at radius 2 is 1.95 bits per heavy atom. The largest absolute Gasteiger partial charge is 0.370 e. The van der Waals surface area contributed by atoms with Gasteiger partial charge in [0, 0.05) is 24.2 Å². The van der Waals surface area contributed by atoms with Gasteiger partial charge in [-0.15, -0.1) is 0 Å². The number of nitrogens with one attached hydrogen (secondary N) is 2. The number of anilines is 1. The third kappa shape index (κ3) is 2.84. The van der Waals surface area contributed by atoms with Crippen molar-refractivity contribution in [1.82, 2.24) is 10.3 Å². The van der Waals surface area contributed by atoms with E-state index in [0.717, 1.165) is 23.1 Å². The molecule has 2 rings (SSSR count). The first-order valence-corrected chi connectivity index (χ1v) is 6.56. The van der Waals surface area contributed by atoms with Gasteiger partial charge in [0.05, 0.1) is 5.56 Å². The van der Waals surface area contributed by atoms with Crippen LogP contribution >= 0.6 is 0 Å². The predicted octanol–water partition coefficient (Wildman–Crippen LogP) is 2.80. The average Bonchev–Trinajstić information content (AvgIpc) is 2.38. The van der Waals surface area contributed by atoms with Crippen molar-refractivity contribution in [2.24, 2.45) is 0 Å². The normalized spacial score (nSPS) is 10.7. The van der Waals surface area contributed by atoms with E-state index >= 15 is 0 Å². The van der Waals surface area contributed by atoms with Gasteiger partial charge in [0.25, 0.3) is 5.91 Å². The molecule has 1 heterocycles. The molecule has 2 N–H and O–H groups in total. The van der Waals surface area contributed by atoms with E-state index < -0.39 is 0 Å². The van der Waals surface area contributed by atoms with Crippen molar-refractivity contribution in [3.8, 4) is 0 Å². The fourth-order valence-electron chi connectivity index (χ4n) is 2.02. The van der Waals surface area contributed by atoms with Crippen LogP contribution in [0.25, 0.3) is 10.8 Å². The second kappa shape index (κ2) is 5.69. The second-order valence-corrected chi connectivity index (χ2v) is 4.72. The van der Waals surface area contributed by atoms with Gasteiger partial charge >= 0.3 is 0 Å². The molecule has 4 heteroatoms. The van der Waals surface area contributed by atoms with Gasteiger partial charge in [-0.2, -0.15) is 0 Å². The first-order valence-electron chi connectivity index (χ1n) is 6.56. The molecule has 0 aliphatic carbocycles. The number of hydrogen-bond donors (Lipinski definition) is 2. The van der Waals surface area contributed by atoms with Crippen LogP contribution in [-0.4, -0.2) is 23.5 Å². The highest BCUT2D eigenvalue weighted by molar-refractivity contribution is 6.09. The van der Waals surface area contributed by atoms with E-state index in [1.165, 1.54) is 0 Å². The van der Waals surface area contributed by atoms with Crippen LogP contribution in [0, 0.1) is 0 Å². The van der Waals surface area contributed by atoms with E-state index in [0.29, 0.717) is 5.56 Å². The average molecular weight is 257 g/mol. The maximum absolute atomic E-state index is 12.2. The Morgan fingerprint density at radius 1 is 1.26 bits per heavy atom. The molecule has 0 unspecified atom stereocenters. The first kappa shape index (κ1) is 13.3. The standard InChI is InChI=1S/C15H19N3O/c1-4-16-14-12-8-6-5-7-11(12)13(9-17-14)15(19)18-10(2)3/h5-10H,4H2,1-3H3,(H,16,17)(H,18,19). The lowest BCUT2D eigenvalue weighted by atomic mass is 10.1. The summed E-state index contributed by atoms with van der Waals surface area (Å²) in [5.74, 6) is 0.737. The van der Waals surface area contributed by atoms with Crippen LogP contribution < -0.4 is 10.6 Å². The highest BCUT2D eigenvalue weighted by Gasteiger charge is 2.13. The van der Waals surface area contributed by atoms with Crippen molar-refractivity contribution >= 4 is 22.5 Å². The Hall–Kier alpha value is -2.10. The van der Waals surface area contributed by atoms with E-state index in [1.807, 2.05) is 45.0 Å². The monoisotopic (exact) mass is 257 g/mol. The SMILES string of the molecule is CCNc1ncc(C(=O)NC(C)C)c2ccccc12. The van der Waals surface area contributed by atoms with E-state index in [4.69, 9.17) is 0 Å². The topological polar surface area (TPSA) is 54.0 Å². The van der Waals surface area contributed by atoms with Crippen LogP contribution in [0.1, 0.15) is 31.1 Å². The molecule has 1 aromatic carbocycles. The fourth-order valence-corrected chi connectivity index (χ4v) is 2.02. The van der Waals surface area contributed by atoms with Gasteiger partial charge in [0.2, 0.25) is 0 Å². The quantitative estimate of drug-likeness (QED) is 0.885. The summed E-state index contributed by atoms with van der Waals surface area (Å²) in [6, 6.07) is 7.93. The summed E-state index contributed by atoms with van der Waals surface area (Å²) in [6.07, 6.45) is 1.64. The van der Waals surface area contributed by atoms with Crippen molar-refractivity contribution in [2.75, 3.05) is 11.9 Å². The van der Waals surface area contributed by atoms with Crippen LogP contribution in [0.2, 0.25) is 0 Å². The minimum Gasteiger partial charge on any atom is -0.370 e. The van der Waals surface area contributed by atoms with E-state index in [1.54, 1.807) is 6.20 Å². The molecule has 1 amide bonds. The predicted molar refractivity (Wildman–Crippen MR) is 78.5 cm³/mol. The Bertz CT molecular complexity index is 593. The number of aromatic nitrogens is 1. The van der Waals surface area contributed by atoms with Crippen molar-refractivity contribution in [3.05, 3.63) is 36.0 Å². The maximum atomic E-state index is 12.2. The fraction of sp³-hybridized carbons (Fsp3) is 0.333. The molecule has 0 aliphatic heterocycles. The molecule has 0 radical (unpaired) electrons. The molecule has 19 heavy (non-hydrogen) atoms. The molecule has 0 atom stereocenters. The molecule has 0 spiro atoms. The third-order valence-electron chi connectivity index (χ3n) is 2.80. The maximum Gasteiger partial charge on any atom is 0.253 e. The molecule has 4 nitrogen and oxygen atoms in total. The van der Waals surface area contributed by atoms with Crippen molar-refractivity contribution in [2.45, 2.75) is 26.8 Å². The molecule has 0 saturated carbocycles. The summed E-state index contributed by atoms with van der Waals surface area (Å²) in [7, 11) is 0. The first-order chi connectivity index (χ1) is 9.13. The Morgan fingerprint density at radius 3 is 2.58 bits per heavy atom. The van der Waals surface area contributed by atoms with Gasteiger partial charge in [-0.3, -0.25) is 4.79 Å². The number of carbonyl (C=O) groups excluding carboxylic acids is 1. The number of fused-ring (bicyclic) bond motifs is 1. The zero-order chi connectivity index (χ0) is 13.8. The number of nitrogens with zero attached hydrogens (tertiary/aromatic N) is 1. The van der Waals surface area contributed by atoms with Gasteiger partial charge in [0.1, 0.15) is 5.82 Å². The molecular weight excluding hydrogens is 238 g/mol. The highest BCUT2D eigenvalue weighted by atomic mass is 16.1. The summed E-state index contributed by atoms with van der Waals surface area (Å²) in [5, 5.41) is 8.01. The Kier molecular flexibility index (Phi) is 4.00. The number of amides is 1. The highest BCUT2D eigenvalue weighted by Crippen LogP contribution is 2.24. The van der Waals surface area contributed by atoms with Gasteiger partial charge in [-0.1, -0.05) is 24.3 Å². The number of carbonyl (C=O) groups is 1. The van der Waals surface area contributed by atoms with Crippen LogP contribution in [0.15, 0.2) is 30.5 Å². The van der Waals surface area contributed by atoms with E-state index in [2.05, 4.69) is 15.6 Å². The van der Waals surface area contributed by atoms with E-state index in [-0.39, 0.29) is 11.9 Å². The van der Waals surface area contributed by atoms with Crippen molar-refractivity contribution in [1.29, 1.82) is 0 Å². The van der Waals surface area contributed by atoms with Crippen LogP contribution in [0.4, 0.5) is 5.82 Å². The van der Waals surface area contributed by atoms with E-state index in [9.17, 15) is 4.79 Å². The zero-order valence-electron chi connectivity index (χ0n) is 11.5. The van der Waals surface area contributed by atoms with Gasteiger partial charge in [-0.25, -0.2) is 4.98 Å². The van der Waals surface area contributed by atoms with Crippen molar-refractivity contribution in [3.63, 3.8) is 0 Å². The lowest BCUT2D eigenvalue weighted by Gasteiger charge is -2.12. The van der Waals surface area contributed by atoms with Gasteiger partial charge < -0.3 is 10.6 Å². The molecule has 0 fully saturated rings. The lowest BCUT2D eigenvalue weighted by Crippen LogP contribution is -2.30. The number of pyridine rings is 1. The second-order valence-electron chi connectivity index (χ2n) is 4.72.